The van der Waals surface area contributed by atoms with Gasteiger partial charge in [-0.2, -0.15) is 0 Å². The summed E-state index contributed by atoms with van der Waals surface area (Å²) >= 11 is 5.72. The van der Waals surface area contributed by atoms with Crippen molar-refractivity contribution < 1.29 is 9.53 Å². The Kier molecular flexibility index (Phi) is 3.73. The second-order valence-corrected chi connectivity index (χ2v) is 6.08. The van der Waals surface area contributed by atoms with Crippen molar-refractivity contribution in [3.05, 3.63) is 21.8 Å². The third-order valence-electron chi connectivity index (χ3n) is 2.52. The highest BCUT2D eigenvalue weighted by molar-refractivity contribution is 14.1. The van der Waals surface area contributed by atoms with E-state index in [1.54, 1.807) is 7.11 Å². The second-order valence-electron chi connectivity index (χ2n) is 3.62. The van der Waals surface area contributed by atoms with Crippen molar-refractivity contribution in [3.63, 3.8) is 0 Å². The molecule has 16 heavy (non-hydrogen) atoms. The van der Waals surface area contributed by atoms with Gasteiger partial charge in [0.15, 0.2) is 0 Å². The molecule has 2 rings (SSSR count). The van der Waals surface area contributed by atoms with Crippen LogP contribution in [0.5, 0.6) is 5.75 Å². The van der Waals surface area contributed by atoms with E-state index in [0.717, 1.165) is 21.6 Å². The number of hydrogen-bond donors (Lipinski definition) is 0. The van der Waals surface area contributed by atoms with Crippen molar-refractivity contribution in [2.45, 2.75) is 11.2 Å². The molecule has 1 atom stereocenters. The van der Waals surface area contributed by atoms with E-state index in [-0.39, 0.29) is 10.7 Å². The molecule has 0 bridgehead atoms. The third kappa shape index (κ3) is 2.34. The number of methoxy groups -OCH3 is 1. The van der Waals surface area contributed by atoms with Gasteiger partial charge in [-0.3, -0.25) is 4.79 Å². The van der Waals surface area contributed by atoms with Gasteiger partial charge in [0.1, 0.15) is 5.75 Å². The van der Waals surface area contributed by atoms with Gasteiger partial charge in [0.2, 0.25) is 5.91 Å². The average Bonchev–Trinajstić information content (AvgIpc) is 2.58. The van der Waals surface area contributed by atoms with Crippen LogP contribution in [-0.4, -0.2) is 24.4 Å². The number of alkyl halides is 1. The zero-order valence-electron chi connectivity index (χ0n) is 8.74. The topological polar surface area (TPSA) is 29.5 Å². The first-order valence-corrected chi connectivity index (χ1v) is 6.89. The standard InChI is InChI=1S/C11H11BrINO2/c1-16-8-2-3-9(13)10(5-8)14-6-7(12)4-11(14)15/h2-3,5,7H,4,6H2,1H3. The van der Waals surface area contributed by atoms with E-state index in [9.17, 15) is 4.79 Å². The smallest absolute Gasteiger partial charge is 0.228 e. The van der Waals surface area contributed by atoms with Crippen LogP contribution >= 0.6 is 38.5 Å². The lowest BCUT2D eigenvalue weighted by atomic mass is 10.3. The number of carbonyl (C=O) groups is 1. The summed E-state index contributed by atoms with van der Waals surface area (Å²) in [5.74, 6) is 0.939. The average molecular weight is 396 g/mol. The van der Waals surface area contributed by atoms with Crippen LogP contribution in [-0.2, 0) is 4.79 Å². The Morgan fingerprint density at radius 3 is 2.88 bits per heavy atom. The monoisotopic (exact) mass is 395 g/mol. The van der Waals surface area contributed by atoms with E-state index >= 15 is 0 Å². The zero-order chi connectivity index (χ0) is 11.7. The van der Waals surface area contributed by atoms with Crippen LogP contribution in [0.4, 0.5) is 5.69 Å². The molecule has 1 amide bonds. The first kappa shape index (κ1) is 12.2. The van der Waals surface area contributed by atoms with Crippen LogP contribution in [0, 0.1) is 3.57 Å². The first-order valence-electron chi connectivity index (χ1n) is 4.90. The Morgan fingerprint density at radius 1 is 1.56 bits per heavy atom. The van der Waals surface area contributed by atoms with E-state index in [1.165, 1.54) is 0 Å². The molecule has 0 N–H and O–H groups in total. The number of anilines is 1. The fourth-order valence-corrected chi connectivity index (χ4v) is 2.92. The van der Waals surface area contributed by atoms with Crippen molar-refractivity contribution in [2.75, 3.05) is 18.6 Å². The van der Waals surface area contributed by atoms with Gasteiger partial charge in [-0.05, 0) is 34.7 Å². The summed E-state index contributed by atoms with van der Waals surface area (Å²) in [6.07, 6.45) is 0.563. The maximum atomic E-state index is 11.8. The number of amides is 1. The minimum Gasteiger partial charge on any atom is -0.497 e. The number of benzene rings is 1. The fraction of sp³-hybridized carbons (Fsp3) is 0.364. The summed E-state index contributed by atoms with van der Waals surface area (Å²) in [7, 11) is 1.63. The number of hydrogen-bond acceptors (Lipinski definition) is 2. The summed E-state index contributed by atoms with van der Waals surface area (Å²) < 4.78 is 6.24. The molecule has 1 fully saturated rings. The summed E-state index contributed by atoms with van der Waals surface area (Å²) in [5.41, 5.74) is 0.937. The highest BCUT2D eigenvalue weighted by Crippen LogP contribution is 2.31. The third-order valence-corrected chi connectivity index (χ3v) is 4.05. The minimum atomic E-state index is 0.160. The minimum absolute atomic E-state index is 0.160. The molecule has 0 saturated carbocycles. The molecule has 0 aromatic heterocycles. The molecule has 1 saturated heterocycles. The number of halogens is 2. The van der Waals surface area contributed by atoms with Crippen molar-refractivity contribution in [1.82, 2.24) is 0 Å². The quantitative estimate of drug-likeness (QED) is 0.569. The lowest BCUT2D eigenvalue weighted by molar-refractivity contribution is -0.117. The first-order chi connectivity index (χ1) is 7.61. The van der Waals surface area contributed by atoms with Gasteiger partial charge in [-0.25, -0.2) is 0 Å². The van der Waals surface area contributed by atoms with Crippen LogP contribution in [0.2, 0.25) is 0 Å². The molecule has 1 aliphatic heterocycles. The summed E-state index contributed by atoms with van der Waals surface area (Å²) in [5, 5.41) is 0. The summed E-state index contributed by atoms with van der Waals surface area (Å²) in [6.45, 7) is 0.724. The molecular formula is C11H11BrINO2. The predicted octanol–water partition coefficient (Wildman–Crippen LogP) is 2.80. The lowest BCUT2D eigenvalue weighted by Gasteiger charge is -2.18. The number of carbonyl (C=O) groups excluding carboxylic acids is 1. The Balaban J connectivity index is 2.35. The predicted molar refractivity (Wildman–Crippen MR) is 75.4 cm³/mol. The zero-order valence-corrected chi connectivity index (χ0v) is 12.5. The number of nitrogens with zero attached hydrogens (tertiary/aromatic N) is 1. The molecular weight excluding hydrogens is 385 g/mol. The highest BCUT2D eigenvalue weighted by Gasteiger charge is 2.30. The van der Waals surface area contributed by atoms with E-state index in [2.05, 4.69) is 38.5 Å². The number of rotatable bonds is 2. The van der Waals surface area contributed by atoms with Gasteiger partial charge in [-0.15, -0.1) is 0 Å². The molecule has 1 aromatic carbocycles. The van der Waals surface area contributed by atoms with Gasteiger partial charge in [0.05, 0.1) is 12.8 Å². The Morgan fingerprint density at radius 2 is 2.31 bits per heavy atom. The molecule has 1 aromatic rings. The summed E-state index contributed by atoms with van der Waals surface area (Å²) in [6, 6.07) is 5.77. The van der Waals surface area contributed by atoms with Crippen molar-refractivity contribution >= 4 is 50.1 Å². The van der Waals surface area contributed by atoms with Gasteiger partial charge in [0, 0.05) is 27.4 Å². The van der Waals surface area contributed by atoms with Crippen LogP contribution in [0.15, 0.2) is 18.2 Å². The van der Waals surface area contributed by atoms with Gasteiger partial charge >= 0.3 is 0 Å². The van der Waals surface area contributed by atoms with E-state index in [1.807, 2.05) is 23.1 Å². The van der Waals surface area contributed by atoms with Gasteiger partial charge < -0.3 is 9.64 Å². The Bertz CT molecular complexity index is 424. The van der Waals surface area contributed by atoms with Gasteiger partial charge in [0.25, 0.3) is 0 Å². The maximum absolute atomic E-state index is 11.8. The van der Waals surface area contributed by atoms with E-state index in [0.29, 0.717) is 6.42 Å². The molecule has 0 aliphatic carbocycles. The SMILES string of the molecule is COc1ccc(I)c(N2CC(Br)CC2=O)c1. The van der Waals surface area contributed by atoms with Crippen molar-refractivity contribution in [2.24, 2.45) is 0 Å². The fourth-order valence-electron chi connectivity index (χ4n) is 1.72. The lowest BCUT2D eigenvalue weighted by Crippen LogP contribution is -2.25. The molecule has 3 nitrogen and oxygen atoms in total. The van der Waals surface area contributed by atoms with Crippen LogP contribution in [0.25, 0.3) is 0 Å². The normalized spacial score (nSPS) is 20.3. The van der Waals surface area contributed by atoms with Gasteiger partial charge in [-0.1, -0.05) is 15.9 Å². The molecule has 1 aliphatic rings. The highest BCUT2D eigenvalue weighted by atomic mass is 127. The summed E-state index contributed by atoms with van der Waals surface area (Å²) in [4.78, 5) is 13.8. The molecule has 86 valence electrons. The Labute approximate surface area is 116 Å². The van der Waals surface area contributed by atoms with Crippen LogP contribution < -0.4 is 9.64 Å². The molecule has 1 heterocycles. The maximum Gasteiger partial charge on any atom is 0.228 e. The van der Waals surface area contributed by atoms with Crippen molar-refractivity contribution in [1.29, 1.82) is 0 Å². The van der Waals surface area contributed by atoms with E-state index in [4.69, 9.17) is 4.74 Å². The largest absolute Gasteiger partial charge is 0.497 e. The molecule has 0 spiro atoms. The van der Waals surface area contributed by atoms with Crippen LogP contribution in [0.1, 0.15) is 6.42 Å². The number of ether oxygens (including phenoxy) is 1. The van der Waals surface area contributed by atoms with Crippen molar-refractivity contribution in [3.8, 4) is 5.75 Å². The van der Waals surface area contributed by atoms with Crippen LogP contribution in [0.3, 0.4) is 0 Å². The second kappa shape index (κ2) is 4.91. The van der Waals surface area contributed by atoms with E-state index < -0.39 is 0 Å². The molecule has 0 radical (unpaired) electrons. The molecule has 1 unspecified atom stereocenters. The molecule has 5 heteroatoms. The Hall–Kier alpha value is -0.300.